The van der Waals surface area contributed by atoms with E-state index in [4.69, 9.17) is 5.73 Å². The predicted octanol–water partition coefficient (Wildman–Crippen LogP) is 3.95. The average Bonchev–Trinajstić information content (AvgIpc) is 3.14. The maximum absolute atomic E-state index is 13.1. The Morgan fingerprint density at radius 2 is 1.90 bits per heavy atom. The van der Waals surface area contributed by atoms with Crippen LogP contribution in [0.4, 0.5) is 19.0 Å². The maximum Gasteiger partial charge on any atom is 0.417 e. The van der Waals surface area contributed by atoms with Crippen molar-refractivity contribution in [3.8, 4) is 0 Å². The van der Waals surface area contributed by atoms with E-state index in [0.29, 0.717) is 28.0 Å². The van der Waals surface area contributed by atoms with Gasteiger partial charge in [0.25, 0.3) is 5.91 Å². The first-order valence-corrected chi connectivity index (χ1v) is 9.39. The summed E-state index contributed by atoms with van der Waals surface area (Å²) in [6.45, 7) is 1.70. The largest absolute Gasteiger partial charge is 0.417 e. The number of carbonyl (C=O) groups is 1. The van der Waals surface area contributed by atoms with Gasteiger partial charge in [0.1, 0.15) is 5.82 Å². The van der Waals surface area contributed by atoms with Gasteiger partial charge in [-0.2, -0.15) is 18.3 Å². The Morgan fingerprint density at radius 3 is 2.55 bits per heavy atom. The second-order valence-electron chi connectivity index (χ2n) is 7.32. The summed E-state index contributed by atoms with van der Waals surface area (Å²) in [6, 6.07) is 6.78. The Labute approximate surface area is 175 Å². The van der Waals surface area contributed by atoms with Gasteiger partial charge in [-0.3, -0.25) is 14.5 Å². The Morgan fingerprint density at radius 1 is 1.16 bits per heavy atom. The van der Waals surface area contributed by atoms with Crippen LogP contribution in [0.2, 0.25) is 0 Å². The number of hydrogen-bond acceptors (Lipinski definition) is 5. The molecule has 1 atom stereocenters. The number of hydrogen-bond donors (Lipinski definition) is 1. The summed E-state index contributed by atoms with van der Waals surface area (Å²) in [7, 11) is 3.36. The molecule has 0 aliphatic rings. The number of anilines is 1. The normalized spacial score (nSPS) is 13.0. The number of alkyl halides is 3. The van der Waals surface area contributed by atoms with Gasteiger partial charge in [0.15, 0.2) is 0 Å². The summed E-state index contributed by atoms with van der Waals surface area (Å²) in [4.78, 5) is 22.8. The van der Waals surface area contributed by atoms with Crippen molar-refractivity contribution in [3.05, 3.63) is 59.5 Å². The molecule has 0 spiro atoms. The minimum atomic E-state index is -4.46. The van der Waals surface area contributed by atoms with Gasteiger partial charge in [0, 0.05) is 31.2 Å². The van der Waals surface area contributed by atoms with E-state index in [2.05, 4.69) is 15.1 Å². The standard InChI is InChI=1S/C21H19F3N6O/c1-11(16-7-5-13(9-26-16)21(22,23)24)29(2)20(31)12-4-6-17-14(8-12)18-15(19(25)28-17)10-27-30(18)3/h4-11H,1-3H3,(H2,25,28)/t11-/m1/s1. The molecule has 160 valence electrons. The van der Waals surface area contributed by atoms with Gasteiger partial charge in [-0.25, -0.2) is 4.98 Å². The van der Waals surface area contributed by atoms with Crippen molar-refractivity contribution in [2.24, 2.45) is 7.05 Å². The van der Waals surface area contributed by atoms with Crippen LogP contribution < -0.4 is 5.73 Å². The van der Waals surface area contributed by atoms with E-state index in [9.17, 15) is 18.0 Å². The summed E-state index contributed by atoms with van der Waals surface area (Å²) < 4.78 is 40.0. The number of carbonyl (C=O) groups excluding carboxylic acids is 1. The number of amides is 1. The SMILES string of the molecule is C[C@H](c1ccc(C(F)(F)F)cn1)N(C)C(=O)c1ccc2nc(N)c3cnn(C)c3c2c1. The molecule has 3 aromatic heterocycles. The molecule has 4 aromatic rings. The number of nitrogens with two attached hydrogens (primary N) is 1. The quantitative estimate of drug-likeness (QED) is 0.534. The van der Waals surface area contributed by atoms with Crippen molar-refractivity contribution in [1.29, 1.82) is 0 Å². The van der Waals surface area contributed by atoms with E-state index < -0.39 is 17.8 Å². The highest BCUT2D eigenvalue weighted by Gasteiger charge is 2.31. The van der Waals surface area contributed by atoms with Crippen molar-refractivity contribution < 1.29 is 18.0 Å². The number of aromatic nitrogens is 4. The number of nitrogens with zero attached hydrogens (tertiary/aromatic N) is 5. The summed E-state index contributed by atoms with van der Waals surface area (Å²) in [5.41, 5.74) is 7.32. The van der Waals surface area contributed by atoms with Gasteiger partial charge in [-0.15, -0.1) is 0 Å². The molecule has 0 aliphatic heterocycles. The summed E-state index contributed by atoms with van der Waals surface area (Å²) in [6.07, 6.45) is -2.07. The third-order valence-electron chi connectivity index (χ3n) is 5.40. The lowest BCUT2D eigenvalue weighted by Gasteiger charge is -2.25. The Kier molecular flexibility index (Phi) is 4.79. The van der Waals surface area contributed by atoms with E-state index in [1.54, 1.807) is 50.1 Å². The molecule has 0 aliphatic carbocycles. The van der Waals surface area contributed by atoms with E-state index in [1.165, 1.54) is 11.0 Å². The van der Waals surface area contributed by atoms with Gasteiger partial charge in [-0.05, 0) is 37.3 Å². The second-order valence-corrected chi connectivity index (χ2v) is 7.32. The van der Waals surface area contributed by atoms with Crippen molar-refractivity contribution >= 4 is 33.5 Å². The topological polar surface area (TPSA) is 89.9 Å². The molecule has 0 radical (unpaired) electrons. The second kappa shape index (κ2) is 7.22. The molecular weight excluding hydrogens is 409 g/mol. The highest BCUT2D eigenvalue weighted by molar-refractivity contribution is 6.10. The molecule has 1 amide bonds. The molecule has 0 fully saturated rings. The minimum Gasteiger partial charge on any atom is -0.383 e. The monoisotopic (exact) mass is 428 g/mol. The Balaban J connectivity index is 1.67. The molecule has 1 aromatic carbocycles. The number of benzene rings is 1. The van der Waals surface area contributed by atoms with E-state index in [0.717, 1.165) is 23.2 Å². The van der Waals surface area contributed by atoms with Gasteiger partial charge < -0.3 is 10.6 Å². The number of fused-ring (bicyclic) bond motifs is 3. The average molecular weight is 428 g/mol. The van der Waals surface area contributed by atoms with E-state index in [-0.39, 0.29) is 5.91 Å². The summed E-state index contributed by atoms with van der Waals surface area (Å²) in [5, 5.41) is 5.64. The smallest absolute Gasteiger partial charge is 0.383 e. The number of aryl methyl sites for hydroxylation is 1. The summed E-state index contributed by atoms with van der Waals surface area (Å²) in [5.74, 6) is 0.0528. The number of nitrogen functional groups attached to an aromatic ring is 1. The number of halogens is 3. The fourth-order valence-electron chi connectivity index (χ4n) is 3.49. The lowest BCUT2D eigenvalue weighted by Crippen LogP contribution is -2.30. The van der Waals surface area contributed by atoms with E-state index in [1.807, 2.05) is 0 Å². The predicted molar refractivity (Wildman–Crippen MR) is 110 cm³/mol. The minimum absolute atomic E-state index is 0.303. The molecule has 4 rings (SSSR count). The first kappa shape index (κ1) is 20.6. The zero-order chi connectivity index (χ0) is 22.5. The van der Waals surface area contributed by atoms with Crippen LogP contribution in [-0.2, 0) is 13.2 Å². The Bertz CT molecular complexity index is 1300. The lowest BCUT2D eigenvalue weighted by molar-refractivity contribution is -0.137. The van der Waals surface area contributed by atoms with Crippen LogP contribution in [0.25, 0.3) is 21.8 Å². The maximum atomic E-state index is 13.1. The van der Waals surface area contributed by atoms with Crippen molar-refractivity contribution in [2.75, 3.05) is 12.8 Å². The molecule has 0 saturated heterocycles. The third-order valence-corrected chi connectivity index (χ3v) is 5.40. The first-order valence-electron chi connectivity index (χ1n) is 9.39. The van der Waals surface area contributed by atoms with Crippen LogP contribution in [0.15, 0.2) is 42.7 Å². The van der Waals surface area contributed by atoms with Crippen LogP contribution in [0, 0.1) is 0 Å². The molecule has 0 bridgehead atoms. The first-order chi connectivity index (χ1) is 14.6. The molecule has 10 heteroatoms. The third kappa shape index (κ3) is 3.54. The van der Waals surface area contributed by atoms with E-state index >= 15 is 0 Å². The molecule has 3 heterocycles. The van der Waals surface area contributed by atoms with Crippen LogP contribution in [-0.4, -0.2) is 37.6 Å². The highest BCUT2D eigenvalue weighted by atomic mass is 19.4. The highest BCUT2D eigenvalue weighted by Crippen LogP contribution is 2.31. The van der Waals surface area contributed by atoms with Gasteiger partial charge >= 0.3 is 6.18 Å². The number of rotatable bonds is 3. The zero-order valence-corrected chi connectivity index (χ0v) is 17.0. The van der Waals surface area contributed by atoms with Crippen molar-refractivity contribution in [2.45, 2.75) is 19.1 Å². The van der Waals surface area contributed by atoms with Crippen LogP contribution in [0.1, 0.15) is 34.6 Å². The van der Waals surface area contributed by atoms with Crippen molar-refractivity contribution in [1.82, 2.24) is 24.6 Å². The number of pyridine rings is 2. The molecule has 0 unspecified atom stereocenters. The molecule has 31 heavy (non-hydrogen) atoms. The molecular formula is C21H19F3N6O. The molecule has 2 N–H and O–H groups in total. The molecule has 0 saturated carbocycles. The van der Waals surface area contributed by atoms with Crippen LogP contribution in [0.5, 0.6) is 0 Å². The fourth-order valence-corrected chi connectivity index (χ4v) is 3.49. The Hall–Kier alpha value is -3.69. The van der Waals surface area contributed by atoms with Gasteiger partial charge in [0.05, 0.1) is 39.9 Å². The van der Waals surface area contributed by atoms with Gasteiger partial charge in [-0.1, -0.05) is 0 Å². The lowest BCUT2D eigenvalue weighted by atomic mass is 10.1. The summed E-state index contributed by atoms with van der Waals surface area (Å²) >= 11 is 0. The van der Waals surface area contributed by atoms with Crippen molar-refractivity contribution in [3.63, 3.8) is 0 Å². The molecule has 7 nitrogen and oxygen atoms in total. The van der Waals surface area contributed by atoms with Crippen LogP contribution >= 0.6 is 0 Å². The van der Waals surface area contributed by atoms with Crippen LogP contribution in [0.3, 0.4) is 0 Å². The van der Waals surface area contributed by atoms with Gasteiger partial charge in [0.2, 0.25) is 0 Å². The zero-order valence-electron chi connectivity index (χ0n) is 17.0. The fraction of sp³-hybridized carbons (Fsp3) is 0.238.